The topological polar surface area (TPSA) is 45.2 Å². The minimum atomic E-state index is 0.458. The molecule has 54 valence electrons. The number of aromatic amines is 1. The molecule has 1 aromatic carbocycles. The zero-order valence-electron chi connectivity index (χ0n) is 5.74. The van der Waals surface area contributed by atoms with Crippen LogP contribution in [0, 0.1) is 4.91 Å². The van der Waals surface area contributed by atoms with Gasteiger partial charge in [-0.3, -0.25) is 0 Å². The average molecular weight is 146 g/mol. The summed E-state index contributed by atoms with van der Waals surface area (Å²) in [5.74, 6) is 0. The number of nitrogens with one attached hydrogen (secondary N) is 1. The minimum Gasteiger partial charge on any atom is -0.361 e. The maximum atomic E-state index is 10.1. The molecule has 3 heteroatoms. The fraction of sp³-hybridized carbons (Fsp3) is 0. The summed E-state index contributed by atoms with van der Waals surface area (Å²) in [5.41, 5.74) is 1.40. The molecule has 11 heavy (non-hydrogen) atoms. The van der Waals surface area contributed by atoms with Crippen molar-refractivity contribution in [2.45, 2.75) is 0 Å². The van der Waals surface area contributed by atoms with E-state index in [0.29, 0.717) is 5.69 Å². The lowest BCUT2D eigenvalue weighted by molar-refractivity contribution is 1.46. The van der Waals surface area contributed by atoms with E-state index in [1.807, 2.05) is 18.3 Å². The molecular weight excluding hydrogens is 140 g/mol. The summed E-state index contributed by atoms with van der Waals surface area (Å²) in [6.45, 7) is 0. The maximum Gasteiger partial charge on any atom is 0.110 e. The number of benzene rings is 1. The Bertz CT molecular complexity index is 392. The van der Waals surface area contributed by atoms with Crippen LogP contribution in [0.15, 0.2) is 35.6 Å². The molecule has 0 aliphatic carbocycles. The fourth-order valence-corrected chi connectivity index (χ4v) is 1.09. The molecule has 0 saturated carbocycles. The lowest BCUT2D eigenvalue weighted by Crippen LogP contribution is -1.65. The van der Waals surface area contributed by atoms with Crippen LogP contribution in [-0.2, 0) is 0 Å². The number of hydrogen-bond donors (Lipinski definition) is 1. The van der Waals surface area contributed by atoms with Gasteiger partial charge in [-0.25, -0.2) is 0 Å². The summed E-state index contributed by atoms with van der Waals surface area (Å²) >= 11 is 0. The molecule has 0 unspecified atom stereocenters. The molecule has 0 saturated heterocycles. The van der Waals surface area contributed by atoms with E-state index < -0.39 is 0 Å². The zero-order chi connectivity index (χ0) is 7.68. The van der Waals surface area contributed by atoms with Crippen LogP contribution in [0.3, 0.4) is 0 Å². The predicted molar refractivity (Wildman–Crippen MR) is 43.8 cm³/mol. The monoisotopic (exact) mass is 146 g/mol. The second-order valence-electron chi connectivity index (χ2n) is 2.34. The van der Waals surface area contributed by atoms with Gasteiger partial charge in [0.05, 0.1) is 0 Å². The van der Waals surface area contributed by atoms with Gasteiger partial charge < -0.3 is 4.98 Å². The molecule has 0 amide bonds. The summed E-state index contributed by atoms with van der Waals surface area (Å²) in [5, 5.41) is 3.93. The third-order valence-electron chi connectivity index (χ3n) is 1.64. The molecule has 0 bridgehead atoms. The van der Waals surface area contributed by atoms with Crippen molar-refractivity contribution < 1.29 is 0 Å². The first-order valence-electron chi connectivity index (χ1n) is 3.30. The van der Waals surface area contributed by atoms with Crippen molar-refractivity contribution in [1.29, 1.82) is 0 Å². The van der Waals surface area contributed by atoms with Crippen molar-refractivity contribution in [2.75, 3.05) is 0 Å². The predicted octanol–water partition coefficient (Wildman–Crippen LogP) is 2.57. The number of aromatic nitrogens is 1. The van der Waals surface area contributed by atoms with Gasteiger partial charge in [0.25, 0.3) is 0 Å². The van der Waals surface area contributed by atoms with E-state index in [2.05, 4.69) is 10.2 Å². The molecule has 1 N–H and O–H groups in total. The second-order valence-corrected chi connectivity index (χ2v) is 2.34. The van der Waals surface area contributed by atoms with Gasteiger partial charge in [-0.2, -0.15) is 0 Å². The highest BCUT2D eigenvalue weighted by molar-refractivity contribution is 5.82. The SMILES string of the molecule is O=Nc1ccc2cc[nH]c2c1. The lowest BCUT2D eigenvalue weighted by atomic mass is 10.2. The smallest absolute Gasteiger partial charge is 0.110 e. The van der Waals surface area contributed by atoms with E-state index >= 15 is 0 Å². The van der Waals surface area contributed by atoms with Crippen molar-refractivity contribution in [1.82, 2.24) is 4.98 Å². The van der Waals surface area contributed by atoms with E-state index in [1.165, 1.54) is 0 Å². The number of fused-ring (bicyclic) bond motifs is 1. The highest BCUT2D eigenvalue weighted by Gasteiger charge is 1.94. The van der Waals surface area contributed by atoms with Crippen molar-refractivity contribution in [3.8, 4) is 0 Å². The first-order valence-corrected chi connectivity index (χ1v) is 3.30. The lowest BCUT2D eigenvalue weighted by Gasteiger charge is -1.88. The first kappa shape index (κ1) is 6.09. The Hall–Kier alpha value is -1.64. The standard InChI is InChI=1S/C8H6N2O/c11-10-7-2-1-6-3-4-9-8(6)5-7/h1-5,9H. The summed E-state index contributed by atoms with van der Waals surface area (Å²) in [4.78, 5) is 13.1. The third-order valence-corrected chi connectivity index (χ3v) is 1.64. The van der Waals surface area contributed by atoms with E-state index in [1.54, 1.807) is 12.1 Å². The Kier molecular flexibility index (Phi) is 1.22. The van der Waals surface area contributed by atoms with Crippen molar-refractivity contribution in [3.05, 3.63) is 35.4 Å². The summed E-state index contributed by atoms with van der Waals surface area (Å²) < 4.78 is 0. The molecule has 1 aromatic heterocycles. The van der Waals surface area contributed by atoms with Crippen molar-refractivity contribution in [3.63, 3.8) is 0 Å². The van der Waals surface area contributed by atoms with Crippen LogP contribution in [0.25, 0.3) is 10.9 Å². The Morgan fingerprint density at radius 2 is 2.18 bits per heavy atom. The average Bonchev–Trinajstić information content (AvgIpc) is 2.50. The van der Waals surface area contributed by atoms with Gasteiger partial charge >= 0.3 is 0 Å². The zero-order valence-corrected chi connectivity index (χ0v) is 5.74. The molecular formula is C8H6N2O. The summed E-state index contributed by atoms with van der Waals surface area (Å²) in [6.07, 6.45) is 1.83. The van der Waals surface area contributed by atoms with Crippen molar-refractivity contribution >= 4 is 16.6 Å². The summed E-state index contributed by atoms with van der Waals surface area (Å²) in [6, 6.07) is 7.23. The van der Waals surface area contributed by atoms with Gasteiger partial charge in [-0.05, 0) is 28.8 Å². The molecule has 0 radical (unpaired) electrons. The van der Waals surface area contributed by atoms with Crippen LogP contribution in [0.4, 0.5) is 5.69 Å². The van der Waals surface area contributed by atoms with Gasteiger partial charge in [0.15, 0.2) is 0 Å². The van der Waals surface area contributed by atoms with Gasteiger partial charge in [0.1, 0.15) is 5.69 Å². The van der Waals surface area contributed by atoms with Gasteiger partial charge in [0, 0.05) is 11.7 Å². The molecule has 2 rings (SSSR count). The van der Waals surface area contributed by atoms with E-state index in [-0.39, 0.29) is 0 Å². The highest BCUT2D eigenvalue weighted by Crippen LogP contribution is 2.19. The van der Waals surface area contributed by atoms with E-state index in [4.69, 9.17) is 0 Å². The molecule has 3 nitrogen and oxygen atoms in total. The molecule has 0 aliphatic heterocycles. The fourth-order valence-electron chi connectivity index (χ4n) is 1.09. The Labute approximate surface area is 63.0 Å². The van der Waals surface area contributed by atoms with Gasteiger partial charge in [-0.15, -0.1) is 4.91 Å². The van der Waals surface area contributed by atoms with Crippen LogP contribution in [-0.4, -0.2) is 4.98 Å². The number of nitrogens with zero attached hydrogens (tertiary/aromatic N) is 1. The highest BCUT2D eigenvalue weighted by atomic mass is 16.3. The minimum absolute atomic E-state index is 0.458. The maximum absolute atomic E-state index is 10.1. The molecule has 0 aliphatic rings. The van der Waals surface area contributed by atoms with Crippen LogP contribution < -0.4 is 0 Å². The van der Waals surface area contributed by atoms with Crippen LogP contribution >= 0.6 is 0 Å². The summed E-state index contributed by atoms with van der Waals surface area (Å²) in [7, 11) is 0. The number of rotatable bonds is 1. The first-order chi connectivity index (χ1) is 5.40. The van der Waals surface area contributed by atoms with Gasteiger partial charge in [-0.1, -0.05) is 6.07 Å². The Morgan fingerprint density at radius 3 is 3.00 bits per heavy atom. The molecule has 0 spiro atoms. The third kappa shape index (κ3) is 0.902. The Morgan fingerprint density at radius 1 is 1.27 bits per heavy atom. The molecule has 1 heterocycles. The number of nitroso groups, excluding NO2 is 1. The van der Waals surface area contributed by atoms with Crippen LogP contribution in [0.5, 0.6) is 0 Å². The van der Waals surface area contributed by atoms with E-state index in [9.17, 15) is 4.91 Å². The largest absolute Gasteiger partial charge is 0.361 e. The number of hydrogen-bond acceptors (Lipinski definition) is 2. The normalized spacial score (nSPS) is 10.2. The van der Waals surface area contributed by atoms with Crippen LogP contribution in [0.2, 0.25) is 0 Å². The quantitative estimate of drug-likeness (QED) is 0.617. The number of H-pyrrole nitrogens is 1. The van der Waals surface area contributed by atoms with Gasteiger partial charge in [0.2, 0.25) is 0 Å². The van der Waals surface area contributed by atoms with Crippen LogP contribution in [0.1, 0.15) is 0 Å². The molecule has 2 aromatic rings. The van der Waals surface area contributed by atoms with E-state index in [0.717, 1.165) is 10.9 Å². The second kappa shape index (κ2) is 2.20. The van der Waals surface area contributed by atoms with Crippen molar-refractivity contribution in [2.24, 2.45) is 5.18 Å². The molecule has 0 atom stereocenters. The molecule has 0 fully saturated rings. The Balaban J connectivity index is 2.76.